The Morgan fingerprint density at radius 3 is 2.42 bits per heavy atom. The topological polar surface area (TPSA) is 12.9 Å². The molecule has 1 heterocycles. The van der Waals surface area contributed by atoms with E-state index in [1.165, 1.54) is 6.07 Å². The molecule has 0 spiro atoms. The first-order valence-electron chi connectivity index (χ1n) is 6.28. The first kappa shape index (κ1) is 12.2. The van der Waals surface area contributed by atoms with Crippen molar-refractivity contribution in [2.75, 3.05) is 0 Å². The quantitative estimate of drug-likeness (QED) is 0.707. The molecule has 2 aromatic rings. The third kappa shape index (κ3) is 2.11. The van der Waals surface area contributed by atoms with Crippen molar-refractivity contribution in [2.24, 2.45) is 0 Å². The molecule has 19 heavy (non-hydrogen) atoms. The lowest BCUT2D eigenvalue weighted by Crippen LogP contribution is -2.04. The van der Waals surface area contributed by atoms with Gasteiger partial charge in [0.25, 0.3) is 0 Å². The van der Waals surface area contributed by atoms with Gasteiger partial charge in [-0.05, 0) is 55.0 Å². The molecule has 0 bridgehead atoms. The molecule has 0 amide bonds. The van der Waals surface area contributed by atoms with E-state index >= 15 is 0 Å². The molecule has 0 aliphatic heterocycles. The smallest absolute Gasteiger partial charge is 0.195 e. The van der Waals surface area contributed by atoms with Crippen molar-refractivity contribution < 1.29 is 13.2 Å². The fourth-order valence-corrected chi connectivity index (χ4v) is 2.49. The zero-order chi connectivity index (χ0) is 13.4. The number of fused-ring (bicyclic) bond motifs is 1. The number of benzene rings is 1. The Balaban J connectivity index is 2.10. The molecule has 0 fully saturated rings. The number of hydrogen-bond donors (Lipinski definition) is 0. The number of halogens is 3. The molecular formula is C15H12F3N. The van der Waals surface area contributed by atoms with E-state index < -0.39 is 17.5 Å². The van der Waals surface area contributed by atoms with Crippen molar-refractivity contribution >= 4 is 0 Å². The largest absolute Gasteiger partial charge is 0.256 e. The van der Waals surface area contributed by atoms with E-state index in [9.17, 15) is 13.2 Å². The average Bonchev–Trinajstić information content (AvgIpc) is 2.44. The molecule has 0 unspecified atom stereocenters. The summed E-state index contributed by atoms with van der Waals surface area (Å²) in [5.74, 6) is -3.81. The van der Waals surface area contributed by atoms with Crippen molar-refractivity contribution in [3.05, 3.63) is 53.0 Å². The summed E-state index contributed by atoms with van der Waals surface area (Å²) in [5, 5.41) is 0. The van der Waals surface area contributed by atoms with Gasteiger partial charge >= 0.3 is 0 Å². The molecule has 1 aliphatic carbocycles. The highest BCUT2D eigenvalue weighted by molar-refractivity contribution is 5.61. The second kappa shape index (κ2) is 4.68. The summed E-state index contributed by atoms with van der Waals surface area (Å²) in [4.78, 5) is 4.16. The second-order valence-electron chi connectivity index (χ2n) is 4.77. The molecule has 4 heteroatoms. The van der Waals surface area contributed by atoms with Gasteiger partial charge < -0.3 is 0 Å². The van der Waals surface area contributed by atoms with Crippen LogP contribution >= 0.6 is 0 Å². The minimum atomic E-state index is -1.45. The molecule has 98 valence electrons. The predicted octanol–water partition coefficient (Wildman–Crippen LogP) is 4.04. The lowest BCUT2D eigenvalue weighted by atomic mass is 9.92. The van der Waals surface area contributed by atoms with Crippen LogP contribution in [0.15, 0.2) is 24.4 Å². The fourth-order valence-electron chi connectivity index (χ4n) is 2.49. The van der Waals surface area contributed by atoms with Crippen molar-refractivity contribution in [2.45, 2.75) is 25.7 Å². The maximum Gasteiger partial charge on any atom is 0.195 e. The van der Waals surface area contributed by atoms with Crippen LogP contribution in [-0.4, -0.2) is 4.98 Å². The Hall–Kier alpha value is -1.84. The highest BCUT2D eigenvalue weighted by Crippen LogP contribution is 2.28. The van der Waals surface area contributed by atoms with Crippen LogP contribution < -0.4 is 0 Å². The van der Waals surface area contributed by atoms with Crippen LogP contribution in [0.4, 0.5) is 13.2 Å². The van der Waals surface area contributed by atoms with Crippen molar-refractivity contribution in [1.82, 2.24) is 4.98 Å². The first-order chi connectivity index (χ1) is 9.16. The minimum Gasteiger partial charge on any atom is -0.256 e. The lowest BCUT2D eigenvalue weighted by molar-refractivity contribution is 0.449. The van der Waals surface area contributed by atoms with E-state index in [-0.39, 0.29) is 5.56 Å². The molecule has 1 aliphatic rings. The second-order valence-corrected chi connectivity index (χ2v) is 4.77. The van der Waals surface area contributed by atoms with Crippen LogP contribution in [0.3, 0.4) is 0 Å². The van der Waals surface area contributed by atoms with Crippen LogP contribution in [0.2, 0.25) is 0 Å². The third-order valence-electron chi connectivity index (χ3n) is 3.54. The van der Waals surface area contributed by atoms with Crippen LogP contribution in [-0.2, 0) is 12.8 Å². The SMILES string of the molecule is Fc1ccc(-c2cc3c(cn2)CCCC3)c(F)c1F. The summed E-state index contributed by atoms with van der Waals surface area (Å²) >= 11 is 0. The Kier molecular flexibility index (Phi) is 3.01. The fraction of sp³-hybridized carbons (Fsp3) is 0.267. The van der Waals surface area contributed by atoms with Gasteiger partial charge in [-0.2, -0.15) is 0 Å². The van der Waals surface area contributed by atoms with Crippen molar-refractivity contribution in [3.63, 3.8) is 0 Å². The molecule has 0 saturated heterocycles. The number of pyridine rings is 1. The van der Waals surface area contributed by atoms with E-state index in [2.05, 4.69) is 4.98 Å². The van der Waals surface area contributed by atoms with E-state index in [4.69, 9.17) is 0 Å². The van der Waals surface area contributed by atoms with E-state index in [0.29, 0.717) is 5.69 Å². The maximum atomic E-state index is 13.7. The number of aryl methyl sites for hydroxylation is 2. The van der Waals surface area contributed by atoms with Crippen LogP contribution in [0.1, 0.15) is 24.0 Å². The lowest BCUT2D eigenvalue weighted by Gasteiger charge is -2.16. The van der Waals surface area contributed by atoms with E-state index in [1.807, 2.05) is 0 Å². The van der Waals surface area contributed by atoms with E-state index in [0.717, 1.165) is 42.9 Å². The molecule has 0 saturated carbocycles. The standard InChI is InChI=1S/C15H12F3N/c16-12-6-5-11(14(17)15(12)18)13-7-9-3-1-2-4-10(9)8-19-13/h5-8H,1-4H2. The molecule has 1 nitrogen and oxygen atoms in total. The molecule has 0 radical (unpaired) electrons. The van der Waals surface area contributed by atoms with Gasteiger partial charge in [0.2, 0.25) is 0 Å². The van der Waals surface area contributed by atoms with Gasteiger partial charge in [-0.1, -0.05) is 0 Å². The molecule has 1 aromatic heterocycles. The summed E-state index contributed by atoms with van der Waals surface area (Å²) < 4.78 is 39.9. The van der Waals surface area contributed by atoms with Gasteiger partial charge in [0.1, 0.15) is 0 Å². The maximum absolute atomic E-state index is 13.7. The predicted molar refractivity (Wildman–Crippen MR) is 66.2 cm³/mol. The Morgan fingerprint density at radius 2 is 1.63 bits per heavy atom. The Labute approximate surface area is 109 Å². The first-order valence-corrected chi connectivity index (χ1v) is 6.28. The number of rotatable bonds is 1. The molecule has 0 N–H and O–H groups in total. The molecule has 3 rings (SSSR count). The van der Waals surface area contributed by atoms with Gasteiger partial charge in [0.05, 0.1) is 5.69 Å². The highest BCUT2D eigenvalue weighted by Gasteiger charge is 2.17. The Morgan fingerprint density at radius 1 is 0.895 bits per heavy atom. The molecule has 0 atom stereocenters. The van der Waals surface area contributed by atoms with Crippen molar-refractivity contribution in [1.29, 1.82) is 0 Å². The van der Waals surface area contributed by atoms with Gasteiger partial charge in [0.15, 0.2) is 17.5 Å². The zero-order valence-corrected chi connectivity index (χ0v) is 10.2. The van der Waals surface area contributed by atoms with Crippen LogP contribution in [0, 0.1) is 17.5 Å². The number of nitrogens with zero attached hydrogens (tertiary/aromatic N) is 1. The summed E-state index contributed by atoms with van der Waals surface area (Å²) in [6.07, 6.45) is 5.84. The number of aromatic nitrogens is 1. The summed E-state index contributed by atoms with van der Waals surface area (Å²) in [7, 11) is 0. The third-order valence-corrected chi connectivity index (χ3v) is 3.54. The van der Waals surface area contributed by atoms with E-state index in [1.54, 1.807) is 12.3 Å². The monoisotopic (exact) mass is 263 g/mol. The van der Waals surface area contributed by atoms with Gasteiger partial charge in [0, 0.05) is 11.8 Å². The van der Waals surface area contributed by atoms with Gasteiger partial charge in [-0.25, -0.2) is 13.2 Å². The highest BCUT2D eigenvalue weighted by atomic mass is 19.2. The molecule has 1 aromatic carbocycles. The normalized spacial score (nSPS) is 14.3. The van der Waals surface area contributed by atoms with Gasteiger partial charge in [-0.15, -0.1) is 0 Å². The van der Waals surface area contributed by atoms with Gasteiger partial charge in [-0.3, -0.25) is 4.98 Å². The summed E-state index contributed by atoms with van der Waals surface area (Å²) in [6.45, 7) is 0. The number of hydrogen-bond acceptors (Lipinski definition) is 1. The Bertz CT molecular complexity index is 638. The zero-order valence-electron chi connectivity index (χ0n) is 10.2. The average molecular weight is 263 g/mol. The summed E-state index contributed by atoms with van der Waals surface area (Å²) in [5.41, 5.74) is 2.66. The molecular weight excluding hydrogens is 251 g/mol. The van der Waals surface area contributed by atoms with Crippen molar-refractivity contribution in [3.8, 4) is 11.3 Å². The summed E-state index contributed by atoms with van der Waals surface area (Å²) in [6, 6.07) is 3.93. The van der Waals surface area contributed by atoms with Crippen LogP contribution in [0.25, 0.3) is 11.3 Å². The van der Waals surface area contributed by atoms with Crippen LogP contribution in [0.5, 0.6) is 0 Å². The minimum absolute atomic E-state index is 0.00673.